The van der Waals surface area contributed by atoms with Crippen molar-refractivity contribution in [3.05, 3.63) is 80.6 Å². The van der Waals surface area contributed by atoms with E-state index in [-0.39, 0.29) is 17.5 Å². The number of esters is 1. The number of aromatic nitrogens is 1. The Morgan fingerprint density at radius 1 is 1.04 bits per heavy atom. The first-order valence-corrected chi connectivity index (χ1v) is 8.94. The number of carbonyl (C=O) groups is 2. The van der Waals surface area contributed by atoms with Crippen molar-refractivity contribution >= 4 is 22.8 Å². The SMILES string of the molecule is COC(=O)CNC(=O)c1c[nH]c2ccc(Cc3cc(C)cc(C)c3)cc2c1=O. The van der Waals surface area contributed by atoms with Crippen LogP contribution in [0.4, 0.5) is 0 Å². The van der Waals surface area contributed by atoms with Gasteiger partial charge < -0.3 is 15.0 Å². The molecule has 0 aliphatic heterocycles. The van der Waals surface area contributed by atoms with E-state index in [0.717, 1.165) is 5.56 Å². The molecule has 1 heterocycles. The molecule has 0 saturated heterocycles. The molecule has 0 radical (unpaired) electrons. The topological polar surface area (TPSA) is 88.3 Å². The van der Waals surface area contributed by atoms with Gasteiger partial charge in [0.2, 0.25) is 5.43 Å². The lowest BCUT2D eigenvalue weighted by molar-refractivity contribution is -0.139. The molecule has 0 fully saturated rings. The first-order valence-electron chi connectivity index (χ1n) is 8.94. The molecule has 6 heteroatoms. The first-order chi connectivity index (χ1) is 13.4. The minimum atomic E-state index is -0.617. The molecule has 0 aliphatic rings. The van der Waals surface area contributed by atoms with Crippen LogP contribution in [0.15, 0.2) is 47.4 Å². The Morgan fingerprint density at radius 3 is 2.43 bits per heavy atom. The highest BCUT2D eigenvalue weighted by atomic mass is 16.5. The van der Waals surface area contributed by atoms with Crippen molar-refractivity contribution in [2.45, 2.75) is 20.3 Å². The van der Waals surface area contributed by atoms with Gasteiger partial charge in [0.25, 0.3) is 5.91 Å². The number of ether oxygens (including phenoxy) is 1. The number of fused-ring (bicyclic) bond motifs is 1. The predicted octanol–water partition coefficient (Wildman–Crippen LogP) is 2.64. The molecule has 2 N–H and O–H groups in total. The Hall–Kier alpha value is -3.41. The van der Waals surface area contributed by atoms with Crippen LogP contribution in [0.5, 0.6) is 0 Å². The van der Waals surface area contributed by atoms with Gasteiger partial charge in [0, 0.05) is 17.1 Å². The van der Waals surface area contributed by atoms with Crippen LogP contribution in [-0.2, 0) is 16.0 Å². The summed E-state index contributed by atoms with van der Waals surface area (Å²) in [5.74, 6) is -1.20. The van der Waals surface area contributed by atoms with E-state index in [4.69, 9.17) is 0 Å². The Labute approximate surface area is 162 Å². The summed E-state index contributed by atoms with van der Waals surface area (Å²) < 4.78 is 4.49. The van der Waals surface area contributed by atoms with Crippen LogP contribution in [0, 0.1) is 13.8 Å². The average molecular weight is 378 g/mol. The first kappa shape index (κ1) is 19.4. The number of benzene rings is 2. The zero-order chi connectivity index (χ0) is 20.3. The molecule has 144 valence electrons. The number of H-pyrrole nitrogens is 1. The highest BCUT2D eigenvalue weighted by molar-refractivity contribution is 5.98. The second kappa shape index (κ2) is 8.08. The van der Waals surface area contributed by atoms with E-state index in [9.17, 15) is 14.4 Å². The quantitative estimate of drug-likeness (QED) is 0.668. The van der Waals surface area contributed by atoms with Gasteiger partial charge in [-0.15, -0.1) is 0 Å². The molecule has 3 aromatic rings. The van der Waals surface area contributed by atoms with E-state index in [1.807, 2.05) is 18.2 Å². The van der Waals surface area contributed by atoms with Crippen LogP contribution in [0.1, 0.15) is 32.6 Å². The monoisotopic (exact) mass is 378 g/mol. The molecule has 0 atom stereocenters. The smallest absolute Gasteiger partial charge is 0.325 e. The van der Waals surface area contributed by atoms with Gasteiger partial charge in [0.1, 0.15) is 12.1 Å². The summed E-state index contributed by atoms with van der Waals surface area (Å²) in [5.41, 5.74) is 4.77. The largest absolute Gasteiger partial charge is 0.468 e. The summed E-state index contributed by atoms with van der Waals surface area (Å²) in [6.45, 7) is 3.82. The molecule has 3 rings (SSSR count). The molecule has 0 spiro atoms. The third kappa shape index (κ3) is 4.28. The fourth-order valence-corrected chi connectivity index (χ4v) is 3.27. The number of carbonyl (C=O) groups excluding carboxylic acids is 2. The molecule has 0 bridgehead atoms. The van der Waals surface area contributed by atoms with Crippen molar-refractivity contribution in [1.29, 1.82) is 0 Å². The molecule has 6 nitrogen and oxygen atoms in total. The van der Waals surface area contributed by atoms with E-state index in [1.165, 1.54) is 30.0 Å². The summed E-state index contributed by atoms with van der Waals surface area (Å²) in [4.78, 5) is 39.2. The number of nitrogens with one attached hydrogen (secondary N) is 2. The second-order valence-electron chi connectivity index (χ2n) is 6.84. The number of hydrogen-bond acceptors (Lipinski definition) is 4. The second-order valence-corrected chi connectivity index (χ2v) is 6.84. The fraction of sp³-hybridized carbons (Fsp3) is 0.227. The van der Waals surface area contributed by atoms with Gasteiger partial charge >= 0.3 is 5.97 Å². The van der Waals surface area contributed by atoms with E-state index in [0.29, 0.717) is 17.3 Å². The number of aryl methyl sites for hydroxylation is 2. The molecular weight excluding hydrogens is 356 g/mol. The molecule has 0 aliphatic carbocycles. The molecular formula is C22H22N2O4. The number of hydrogen-bond donors (Lipinski definition) is 2. The van der Waals surface area contributed by atoms with Crippen molar-refractivity contribution in [3.63, 3.8) is 0 Å². The normalized spacial score (nSPS) is 10.7. The fourth-order valence-electron chi connectivity index (χ4n) is 3.27. The Bertz CT molecular complexity index is 1090. The van der Waals surface area contributed by atoms with Crippen LogP contribution in [-0.4, -0.2) is 30.5 Å². The molecule has 28 heavy (non-hydrogen) atoms. The van der Waals surface area contributed by atoms with E-state index < -0.39 is 11.9 Å². The number of aromatic amines is 1. The maximum Gasteiger partial charge on any atom is 0.325 e. The lowest BCUT2D eigenvalue weighted by Crippen LogP contribution is -2.33. The Kier molecular flexibility index (Phi) is 5.59. The maximum absolute atomic E-state index is 12.8. The number of amides is 1. The Morgan fingerprint density at radius 2 is 1.75 bits per heavy atom. The average Bonchev–Trinajstić information content (AvgIpc) is 2.65. The van der Waals surface area contributed by atoms with E-state index in [2.05, 4.69) is 47.1 Å². The summed E-state index contributed by atoms with van der Waals surface area (Å²) in [7, 11) is 1.23. The highest BCUT2D eigenvalue weighted by Crippen LogP contribution is 2.17. The zero-order valence-corrected chi connectivity index (χ0v) is 16.1. The van der Waals surface area contributed by atoms with Crippen LogP contribution in [0.2, 0.25) is 0 Å². The lowest BCUT2D eigenvalue weighted by atomic mass is 9.99. The third-order valence-corrected chi connectivity index (χ3v) is 4.50. The molecule has 2 aromatic carbocycles. The van der Waals surface area contributed by atoms with Crippen LogP contribution in [0.3, 0.4) is 0 Å². The maximum atomic E-state index is 12.8. The minimum absolute atomic E-state index is 0.0417. The van der Waals surface area contributed by atoms with Crippen molar-refractivity contribution in [2.75, 3.05) is 13.7 Å². The van der Waals surface area contributed by atoms with Crippen LogP contribution < -0.4 is 10.7 Å². The summed E-state index contributed by atoms with van der Waals surface area (Å²) in [5, 5.41) is 2.83. The molecule has 0 saturated carbocycles. The van der Waals surface area contributed by atoms with Crippen molar-refractivity contribution in [2.24, 2.45) is 0 Å². The summed E-state index contributed by atoms with van der Waals surface area (Å²) in [6, 6.07) is 12.0. The van der Waals surface area contributed by atoms with E-state index in [1.54, 1.807) is 0 Å². The highest BCUT2D eigenvalue weighted by Gasteiger charge is 2.14. The van der Waals surface area contributed by atoms with Gasteiger partial charge in [-0.2, -0.15) is 0 Å². The summed E-state index contributed by atoms with van der Waals surface area (Å²) in [6.07, 6.45) is 2.05. The van der Waals surface area contributed by atoms with Gasteiger partial charge in [0.15, 0.2) is 0 Å². The zero-order valence-electron chi connectivity index (χ0n) is 16.1. The number of rotatable bonds is 5. The Balaban J connectivity index is 1.92. The van der Waals surface area contributed by atoms with Crippen LogP contribution >= 0.6 is 0 Å². The van der Waals surface area contributed by atoms with Gasteiger partial charge in [0.05, 0.1) is 7.11 Å². The van der Waals surface area contributed by atoms with E-state index >= 15 is 0 Å². The standard InChI is InChI=1S/C22H22N2O4/c1-13-6-14(2)8-16(7-13)9-15-4-5-19-17(10-15)21(26)18(11-23-19)22(27)24-12-20(25)28-3/h4-8,10-11H,9,12H2,1-3H3,(H,23,26)(H,24,27). The molecule has 1 aromatic heterocycles. The summed E-state index contributed by atoms with van der Waals surface area (Å²) >= 11 is 0. The van der Waals surface area contributed by atoms with Crippen molar-refractivity contribution < 1.29 is 14.3 Å². The minimum Gasteiger partial charge on any atom is -0.468 e. The van der Waals surface area contributed by atoms with Gasteiger partial charge in [-0.05, 0) is 43.5 Å². The molecule has 1 amide bonds. The van der Waals surface area contributed by atoms with Crippen LogP contribution in [0.25, 0.3) is 10.9 Å². The number of pyridine rings is 1. The van der Waals surface area contributed by atoms with Gasteiger partial charge in [-0.3, -0.25) is 14.4 Å². The van der Waals surface area contributed by atoms with Crippen molar-refractivity contribution in [1.82, 2.24) is 10.3 Å². The lowest BCUT2D eigenvalue weighted by Gasteiger charge is -2.08. The van der Waals surface area contributed by atoms with Gasteiger partial charge in [-0.25, -0.2) is 0 Å². The molecule has 0 unspecified atom stereocenters. The third-order valence-electron chi connectivity index (χ3n) is 4.50. The predicted molar refractivity (Wildman–Crippen MR) is 108 cm³/mol. The number of methoxy groups -OCH3 is 1. The van der Waals surface area contributed by atoms with Gasteiger partial charge in [-0.1, -0.05) is 35.4 Å². The van der Waals surface area contributed by atoms with Crippen molar-refractivity contribution in [3.8, 4) is 0 Å².